The van der Waals surface area contributed by atoms with Gasteiger partial charge in [0.1, 0.15) is 5.82 Å². The first kappa shape index (κ1) is 13.3. The molecule has 0 atom stereocenters. The zero-order valence-electron chi connectivity index (χ0n) is 11.0. The maximum atomic E-state index is 13.7. The first-order valence-corrected chi connectivity index (χ1v) is 6.18. The molecule has 0 amide bonds. The van der Waals surface area contributed by atoms with Gasteiger partial charge in [-0.3, -0.25) is 4.79 Å². The molecule has 0 radical (unpaired) electrons. The highest BCUT2D eigenvalue weighted by Crippen LogP contribution is 2.19. The van der Waals surface area contributed by atoms with E-state index in [1.807, 2.05) is 12.1 Å². The van der Waals surface area contributed by atoms with Crippen molar-refractivity contribution in [1.82, 2.24) is 0 Å². The van der Waals surface area contributed by atoms with Gasteiger partial charge in [0.25, 0.3) is 0 Å². The van der Waals surface area contributed by atoms with Crippen molar-refractivity contribution in [3.05, 3.63) is 65.0 Å². The van der Waals surface area contributed by atoms with Gasteiger partial charge in [0.15, 0.2) is 5.78 Å². The third-order valence-electron chi connectivity index (χ3n) is 3.08. The Morgan fingerprint density at radius 2 is 1.74 bits per heavy atom. The Hall–Kier alpha value is -2.16. The van der Waals surface area contributed by atoms with Crippen LogP contribution in [0.15, 0.2) is 42.5 Å². The van der Waals surface area contributed by atoms with Gasteiger partial charge in [-0.15, -0.1) is 0 Å². The number of halogens is 1. The van der Waals surface area contributed by atoms with E-state index in [0.717, 1.165) is 11.6 Å². The van der Waals surface area contributed by atoms with E-state index in [1.54, 1.807) is 12.1 Å². The van der Waals surface area contributed by atoms with Crippen molar-refractivity contribution in [2.45, 2.75) is 19.8 Å². The number of ketones is 1. The molecule has 0 bridgehead atoms. The van der Waals surface area contributed by atoms with Gasteiger partial charge in [-0.05, 0) is 29.7 Å². The van der Waals surface area contributed by atoms with Crippen LogP contribution in [0.2, 0.25) is 0 Å². The zero-order chi connectivity index (χ0) is 14.0. The molecule has 0 saturated carbocycles. The Morgan fingerprint density at radius 3 is 2.26 bits per heavy atom. The van der Waals surface area contributed by atoms with Gasteiger partial charge in [0.05, 0.1) is 5.56 Å². The van der Waals surface area contributed by atoms with E-state index in [0.29, 0.717) is 17.2 Å². The number of anilines is 1. The van der Waals surface area contributed by atoms with Crippen molar-refractivity contribution in [3.63, 3.8) is 0 Å². The van der Waals surface area contributed by atoms with Gasteiger partial charge in [-0.2, -0.15) is 0 Å². The monoisotopic (exact) mass is 257 g/mol. The highest BCUT2D eigenvalue weighted by molar-refractivity contribution is 6.09. The van der Waals surface area contributed by atoms with E-state index in [1.165, 1.54) is 12.1 Å². The molecule has 0 heterocycles. The normalized spacial score (nSPS) is 10.7. The summed E-state index contributed by atoms with van der Waals surface area (Å²) < 4.78 is 13.7. The summed E-state index contributed by atoms with van der Waals surface area (Å²) >= 11 is 0. The standard InChI is InChI=1S/C16H16FNO/c1-10(2)11-3-5-12(6-4-11)16(19)14-8-7-13(18)9-15(14)17/h3-10H,18H2,1-2H3. The van der Waals surface area contributed by atoms with Crippen LogP contribution >= 0.6 is 0 Å². The fourth-order valence-electron chi connectivity index (χ4n) is 1.89. The second kappa shape index (κ2) is 5.22. The largest absolute Gasteiger partial charge is 0.399 e. The molecule has 3 heteroatoms. The van der Waals surface area contributed by atoms with Crippen LogP contribution in [0.3, 0.4) is 0 Å². The number of hydrogen-bond donors (Lipinski definition) is 1. The number of carbonyl (C=O) groups is 1. The van der Waals surface area contributed by atoms with E-state index >= 15 is 0 Å². The summed E-state index contributed by atoms with van der Waals surface area (Å²) in [6.07, 6.45) is 0. The van der Waals surface area contributed by atoms with Crippen LogP contribution in [0.1, 0.15) is 41.3 Å². The minimum absolute atomic E-state index is 0.0477. The van der Waals surface area contributed by atoms with Crippen LogP contribution in [0.25, 0.3) is 0 Å². The van der Waals surface area contributed by atoms with Crippen LogP contribution < -0.4 is 5.73 Å². The number of hydrogen-bond acceptors (Lipinski definition) is 2. The summed E-state index contributed by atoms with van der Waals surface area (Å²) in [5.41, 5.74) is 7.45. The Bertz CT molecular complexity index is 603. The van der Waals surface area contributed by atoms with Crippen molar-refractivity contribution in [2.24, 2.45) is 0 Å². The lowest BCUT2D eigenvalue weighted by molar-refractivity contribution is 0.103. The van der Waals surface area contributed by atoms with Crippen LogP contribution in [-0.2, 0) is 0 Å². The van der Waals surface area contributed by atoms with Crippen molar-refractivity contribution in [1.29, 1.82) is 0 Å². The van der Waals surface area contributed by atoms with E-state index in [4.69, 9.17) is 5.73 Å². The minimum atomic E-state index is -0.585. The first-order chi connectivity index (χ1) is 8.99. The molecule has 2 rings (SSSR count). The highest BCUT2D eigenvalue weighted by Gasteiger charge is 2.14. The summed E-state index contributed by atoms with van der Waals surface area (Å²) in [4.78, 5) is 12.2. The van der Waals surface area contributed by atoms with Crippen molar-refractivity contribution in [3.8, 4) is 0 Å². The molecule has 0 saturated heterocycles. The molecule has 0 aromatic heterocycles. The average molecular weight is 257 g/mol. The molecule has 0 aliphatic rings. The molecule has 2 aromatic carbocycles. The topological polar surface area (TPSA) is 43.1 Å². The second-order valence-corrected chi connectivity index (χ2v) is 4.85. The van der Waals surface area contributed by atoms with Gasteiger partial charge >= 0.3 is 0 Å². The average Bonchev–Trinajstić information content (AvgIpc) is 2.38. The van der Waals surface area contributed by atoms with Crippen LogP contribution in [0.4, 0.5) is 10.1 Å². The summed E-state index contributed by atoms with van der Waals surface area (Å²) in [5, 5.41) is 0. The fourth-order valence-corrected chi connectivity index (χ4v) is 1.89. The fraction of sp³-hybridized carbons (Fsp3) is 0.188. The maximum Gasteiger partial charge on any atom is 0.195 e. The minimum Gasteiger partial charge on any atom is -0.399 e. The van der Waals surface area contributed by atoms with Gasteiger partial charge in [-0.25, -0.2) is 4.39 Å². The van der Waals surface area contributed by atoms with Crippen molar-refractivity contribution < 1.29 is 9.18 Å². The molecule has 2 aromatic rings. The summed E-state index contributed by atoms with van der Waals surface area (Å²) in [7, 11) is 0. The van der Waals surface area contributed by atoms with Gasteiger partial charge < -0.3 is 5.73 Å². The molecule has 98 valence electrons. The predicted octanol–water partition coefficient (Wildman–Crippen LogP) is 3.76. The molecule has 0 aliphatic heterocycles. The third-order valence-corrected chi connectivity index (χ3v) is 3.08. The van der Waals surface area contributed by atoms with Gasteiger partial charge in [0, 0.05) is 11.3 Å². The van der Waals surface area contributed by atoms with Gasteiger partial charge in [-0.1, -0.05) is 38.1 Å². The van der Waals surface area contributed by atoms with Crippen molar-refractivity contribution in [2.75, 3.05) is 5.73 Å². The Labute approximate surface area is 112 Å². The SMILES string of the molecule is CC(C)c1ccc(C(=O)c2ccc(N)cc2F)cc1. The maximum absolute atomic E-state index is 13.7. The molecule has 0 aliphatic carbocycles. The summed E-state index contributed by atoms with van der Waals surface area (Å²) in [6.45, 7) is 4.16. The van der Waals surface area contributed by atoms with E-state index in [-0.39, 0.29) is 11.3 Å². The molecule has 2 nitrogen and oxygen atoms in total. The number of carbonyl (C=O) groups excluding carboxylic acids is 1. The summed E-state index contributed by atoms with van der Waals surface area (Å²) in [5.74, 6) is -0.511. The molecule has 0 unspecified atom stereocenters. The zero-order valence-corrected chi connectivity index (χ0v) is 11.0. The van der Waals surface area contributed by atoms with E-state index in [2.05, 4.69) is 13.8 Å². The Morgan fingerprint density at radius 1 is 1.11 bits per heavy atom. The summed E-state index contributed by atoms with van der Waals surface area (Å²) in [6, 6.07) is 11.4. The Balaban J connectivity index is 2.33. The smallest absolute Gasteiger partial charge is 0.195 e. The lowest BCUT2D eigenvalue weighted by Gasteiger charge is -2.07. The van der Waals surface area contributed by atoms with Gasteiger partial charge in [0.2, 0.25) is 0 Å². The van der Waals surface area contributed by atoms with Crippen LogP contribution in [-0.4, -0.2) is 5.78 Å². The molecule has 19 heavy (non-hydrogen) atoms. The number of rotatable bonds is 3. The van der Waals surface area contributed by atoms with Crippen LogP contribution in [0, 0.1) is 5.82 Å². The number of nitrogen functional groups attached to an aromatic ring is 1. The number of nitrogens with two attached hydrogens (primary N) is 1. The molecular formula is C16H16FNO. The highest BCUT2D eigenvalue weighted by atomic mass is 19.1. The molecule has 0 fully saturated rings. The van der Waals surface area contributed by atoms with Crippen molar-refractivity contribution >= 4 is 11.5 Å². The van der Waals surface area contributed by atoms with E-state index < -0.39 is 5.82 Å². The third kappa shape index (κ3) is 2.81. The Kier molecular flexibility index (Phi) is 3.65. The molecule has 0 spiro atoms. The van der Waals surface area contributed by atoms with E-state index in [9.17, 15) is 9.18 Å². The first-order valence-electron chi connectivity index (χ1n) is 6.18. The lowest BCUT2D eigenvalue weighted by atomic mass is 9.98. The quantitative estimate of drug-likeness (QED) is 0.672. The second-order valence-electron chi connectivity index (χ2n) is 4.85. The molecule has 2 N–H and O–H groups in total. The molecular weight excluding hydrogens is 241 g/mol. The predicted molar refractivity (Wildman–Crippen MR) is 74.8 cm³/mol. The number of benzene rings is 2. The van der Waals surface area contributed by atoms with Crippen LogP contribution in [0.5, 0.6) is 0 Å². The lowest BCUT2D eigenvalue weighted by Crippen LogP contribution is -2.05.